The van der Waals surface area contributed by atoms with Crippen molar-refractivity contribution >= 4 is 29.1 Å². The van der Waals surface area contributed by atoms with E-state index in [2.05, 4.69) is 21.4 Å². The lowest BCUT2D eigenvalue weighted by Gasteiger charge is -2.19. The number of anilines is 3. The van der Waals surface area contributed by atoms with Crippen molar-refractivity contribution in [3.05, 3.63) is 101 Å². The minimum atomic E-state index is -0.424. The van der Waals surface area contributed by atoms with E-state index in [0.29, 0.717) is 47.0 Å². The summed E-state index contributed by atoms with van der Waals surface area (Å²) in [5, 5.41) is 13.1. The molecular formula is C30H25FN6O2. The quantitative estimate of drug-likeness (QED) is 0.394. The summed E-state index contributed by atoms with van der Waals surface area (Å²) in [5.74, 6) is -0.403. The van der Waals surface area contributed by atoms with Gasteiger partial charge in [-0.05, 0) is 66.1 Å². The predicted molar refractivity (Wildman–Crippen MR) is 146 cm³/mol. The highest BCUT2D eigenvalue weighted by atomic mass is 19.1. The Morgan fingerprint density at radius 2 is 1.87 bits per heavy atom. The molecule has 1 N–H and O–H groups in total. The maximum absolute atomic E-state index is 14.1. The van der Waals surface area contributed by atoms with E-state index in [1.807, 2.05) is 6.07 Å². The first-order valence-corrected chi connectivity index (χ1v) is 12.4. The van der Waals surface area contributed by atoms with Gasteiger partial charge in [-0.25, -0.2) is 14.4 Å². The zero-order valence-electron chi connectivity index (χ0n) is 21.5. The molecule has 0 radical (unpaired) electrons. The van der Waals surface area contributed by atoms with Crippen molar-refractivity contribution in [2.75, 3.05) is 30.9 Å². The fourth-order valence-corrected chi connectivity index (χ4v) is 4.59. The summed E-state index contributed by atoms with van der Waals surface area (Å²) in [6.07, 6.45) is 2.12. The number of nitrogens with one attached hydrogen (secondary N) is 1. The van der Waals surface area contributed by atoms with Gasteiger partial charge in [-0.1, -0.05) is 18.2 Å². The number of rotatable bonds is 6. The molecule has 0 unspecified atom stereocenters. The molecule has 194 valence electrons. The Morgan fingerprint density at radius 3 is 2.59 bits per heavy atom. The average molecular weight is 521 g/mol. The Morgan fingerprint density at radius 1 is 1.10 bits per heavy atom. The van der Waals surface area contributed by atoms with Crippen LogP contribution in [-0.2, 0) is 17.6 Å². The molecule has 1 aliphatic heterocycles. The number of carbonyl (C=O) groups excluding carboxylic acids is 2. The minimum absolute atomic E-state index is 0.0794. The maximum Gasteiger partial charge on any atom is 0.253 e. The summed E-state index contributed by atoms with van der Waals surface area (Å²) in [6, 6.07) is 20.8. The SMILES string of the molecule is CN(C)C(=O)c1ccc(Nc2nccc(-c3cc(C#N)c4c(c3)CCN4C(=O)Cc3ccccc3F)n2)cc1. The van der Waals surface area contributed by atoms with Gasteiger partial charge >= 0.3 is 0 Å². The number of aromatic nitrogens is 2. The zero-order valence-corrected chi connectivity index (χ0v) is 21.5. The van der Waals surface area contributed by atoms with E-state index in [-0.39, 0.29) is 18.2 Å². The van der Waals surface area contributed by atoms with Crippen LogP contribution in [0.1, 0.15) is 27.0 Å². The number of benzene rings is 3. The summed E-state index contributed by atoms with van der Waals surface area (Å²) < 4.78 is 14.1. The molecule has 39 heavy (non-hydrogen) atoms. The molecule has 0 atom stereocenters. The van der Waals surface area contributed by atoms with Crippen molar-refractivity contribution in [1.82, 2.24) is 14.9 Å². The highest BCUT2D eigenvalue weighted by Gasteiger charge is 2.29. The molecule has 1 aliphatic rings. The Bertz CT molecular complexity index is 1610. The van der Waals surface area contributed by atoms with E-state index in [9.17, 15) is 19.2 Å². The third kappa shape index (κ3) is 5.31. The number of nitriles is 1. The molecule has 0 saturated heterocycles. The van der Waals surface area contributed by atoms with Crippen molar-refractivity contribution in [3.63, 3.8) is 0 Å². The Labute approximate surface area is 225 Å². The summed E-state index contributed by atoms with van der Waals surface area (Å²) >= 11 is 0. The van der Waals surface area contributed by atoms with Crippen LogP contribution in [0.15, 0.2) is 72.9 Å². The fourth-order valence-electron chi connectivity index (χ4n) is 4.59. The van der Waals surface area contributed by atoms with E-state index in [4.69, 9.17) is 0 Å². The van der Waals surface area contributed by atoms with E-state index < -0.39 is 5.82 Å². The lowest BCUT2D eigenvalue weighted by Crippen LogP contribution is -2.31. The third-order valence-electron chi connectivity index (χ3n) is 6.53. The maximum atomic E-state index is 14.1. The van der Waals surface area contributed by atoms with E-state index in [1.165, 1.54) is 11.0 Å². The molecule has 0 fully saturated rings. The van der Waals surface area contributed by atoms with Gasteiger partial charge in [-0.2, -0.15) is 5.26 Å². The third-order valence-corrected chi connectivity index (χ3v) is 6.53. The lowest BCUT2D eigenvalue weighted by atomic mass is 10.0. The molecule has 0 bridgehead atoms. The number of carbonyl (C=O) groups is 2. The van der Waals surface area contributed by atoms with Gasteiger partial charge in [0.05, 0.1) is 23.4 Å². The first-order valence-electron chi connectivity index (χ1n) is 12.4. The van der Waals surface area contributed by atoms with Crippen molar-refractivity contribution in [1.29, 1.82) is 5.26 Å². The molecule has 2 amide bonds. The molecule has 3 aromatic carbocycles. The summed E-state index contributed by atoms with van der Waals surface area (Å²) in [7, 11) is 3.40. The van der Waals surface area contributed by atoms with Crippen LogP contribution >= 0.6 is 0 Å². The Kier molecular flexibility index (Phi) is 7.02. The smallest absolute Gasteiger partial charge is 0.253 e. The number of hydrogen-bond acceptors (Lipinski definition) is 6. The van der Waals surface area contributed by atoms with E-state index in [1.54, 1.807) is 79.8 Å². The number of nitrogens with zero attached hydrogens (tertiary/aromatic N) is 5. The first kappa shape index (κ1) is 25.5. The molecular weight excluding hydrogens is 495 g/mol. The second-order valence-electron chi connectivity index (χ2n) is 9.37. The second-order valence-corrected chi connectivity index (χ2v) is 9.37. The number of hydrogen-bond donors (Lipinski definition) is 1. The van der Waals surface area contributed by atoms with Crippen molar-refractivity contribution in [3.8, 4) is 17.3 Å². The summed E-state index contributed by atoms with van der Waals surface area (Å²) in [6.45, 7) is 0.420. The van der Waals surface area contributed by atoms with E-state index in [0.717, 1.165) is 16.8 Å². The van der Waals surface area contributed by atoms with Gasteiger partial charge in [-0.3, -0.25) is 9.59 Å². The molecule has 4 aromatic rings. The van der Waals surface area contributed by atoms with Gasteiger partial charge in [0.25, 0.3) is 5.91 Å². The standard InChI is InChI=1S/C30H25FN6O2/c1-36(2)29(39)19-7-9-24(10-8-19)34-30-33-13-11-26(35-30)22-15-21-12-14-37(28(21)23(16-22)18-32)27(38)17-20-5-3-4-6-25(20)31/h3-11,13,15-16H,12,14,17H2,1-2H3,(H,33,34,35). The molecule has 2 heterocycles. The number of amides is 2. The van der Waals surface area contributed by atoms with Gasteiger partial charge in [0.15, 0.2) is 0 Å². The molecule has 8 nitrogen and oxygen atoms in total. The van der Waals surface area contributed by atoms with Gasteiger partial charge in [-0.15, -0.1) is 0 Å². The van der Waals surface area contributed by atoms with Crippen LogP contribution in [0.25, 0.3) is 11.3 Å². The van der Waals surface area contributed by atoms with Gasteiger partial charge in [0, 0.05) is 43.7 Å². The molecule has 0 saturated carbocycles. The topological polar surface area (TPSA) is 102 Å². The van der Waals surface area contributed by atoms with Crippen molar-refractivity contribution in [2.45, 2.75) is 12.8 Å². The van der Waals surface area contributed by atoms with Crippen molar-refractivity contribution in [2.24, 2.45) is 0 Å². The molecule has 0 spiro atoms. The Hall–Kier alpha value is -5.10. The first-order chi connectivity index (χ1) is 18.8. The van der Waals surface area contributed by atoms with Gasteiger partial charge in [0.1, 0.15) is 11.9 Å². The second kappa shape index (κ2) is 10.7. The largest absolute Gasteiger partial charge is 0.345 e. The van der Waals surface area contributed by atoms with E-state index >= 15 is 0 Å². The molecule has 0 aliphatic carbocycles. The monoisotopic (exact) mass is 520 g/mol. The summed E-state index contributed by atoms with van der Waals surface area (Å²) in [4.78, 5) is 37.2. The van der Waals surface area contributed by atoms with Crippen LogP contribution in [0.2, 0.25) is 0 Å². The molecule has 1 aromatic heterocycles. The van der Waals surface area contributed by atoms with Crippen LogP contribution in [-0.4, -0.2) is 47.3 Å². The predicted octanol–water partition coefficient (Wildman–Crippen LogP) is 4.73. The zero-order chi connectivity index (χ0) is 27.5. The summed E-state index contributed by atoms with van der Waals surface area (Å²) in [5.41, 5.74) is 4.75. The van der Waals surface area contributed by atoms with Crippen LogP contribution in [0.5, 0.6) is 0 Å². The number of fused-ring (bicyclic) bond motifs is 1. The number of halogens is 1. The Balaban J connectivity index is 1.38. The molecule has 9 heteroatoms. The fraction of sp³-hybridized carbons (Fsp3) is 0.167. The minimum Gasteiger partial charge on any atom is -0.345 e. The van der Waals surface area contributed by atoms with Crippen molar-refractivity contribution < 1.29 is 14.0 Å². The van der Waals surface area contributed by atoms with Crippen LogP contribution < -0.4 is 10.2 Å². The lowest BCUT2D eigenvalue weighted by molar-refractivity contribution is -0.117. The normalized spacial score (nSPS) is 12.0. The molecule has 5 rings (SSSR count). The average Bonchev–Trinajstić information content (AvgIpc) is 3.38. The van der Waals surface area contributed by atoms with Gasteiger partial charge < -0.3 is 15.1 Å². The highest BCUT2D eigenvalue weighted by molar-refractivity contribution is 5.99. The van der Waals surface area contributed by atoms with Crippen LogP contribution in [0.3, 0.4) is 0 Å². The van der Waals surface area contributed by atoms with Crippen LogP contribution in [0, 0.1) is 17.1 Å². The van der Waals surface area contributed by atoms with Crippen LogP contribution in [0.4, 0.5) is 21.7 Å². The van der Waals surface area contributed by atoms with Gasteiger partial charge in [0.2, 0.25) is 11.9 Å². The highest BCUT2D eigenvalue weighted by Crippen LogP contribution is 2.36.